The maximum Gasteiger partial charge on any atom is 0.323 e. The molecular weight excluding hydrogens is 236 g/mol. The Labute approximate surface area is 107 Å². The van der Waals surface area contributed by atoms with Crippen LogP contribution in [0.5, 0.6) is 0 Å². The van der Waals surface area contributed by atoms with Crippen molar-refractivity contribution in [2.45, 2.75) is 13.3 Å². The lowest BCUT2D eigenvalue weighted by molar-refractivity contribution is -0.148. The summed E-state index contributed by atoms with van der Waals surface area (Å²) < 4.78 is 4.92. The Morgan fingerprint density at radius 1 is 1.50 bits per heavy atom. The van der Waals surface area contributed by atoms with E-state index in [1.165, 1.54) is 12.0 Å². The molecule has 2 atom stereocenters. The smallest absolute Gasteiger partial charge is 0.323 e. The van der Waals surface area contributed by atoms with E-state index in [2.05, 4.69) is 5.32 Å². The van der Waals surface area contributed by atoms with Gasteiger partial charge in [-0.2, -0.15) is 0 Å². The van der Waals surface area contributed by atoms with Crippen LogP contribution in [-0.2, 0) is 14.3 Å². The minimum Gasteiger partial charge on any atom is -0.480 e. The van der Waals surface area contributed by atoms with Crippen molar-refractivity contribution < 1.29 is 19.4 Å². The second-order valence-corrected chi connectivity index (χ2v) is 4.72. The summed E-state index contributed by atoms with van der Waals surface area (Å²) in [6.45, 7) is 4.08. The molecule has 6 heteroatoms. The molecule has 104 valence electrons. The first-order chi connectivity index (χ1) is 8.56. The van der Waals surface area contributed by atoms with E-state index in [9.17, 15) is 9.59 Å². The first kappa shape index (κ1) is 14.9. The van der Waals surface area contributed by atoms with Crippen molar-refractivity contribution in [2.75, 3.05) is 39.9 Å². The Balaban J connectivity index is 2.63. The molecular formula is C12H22N2O4. The second-order valence-electron chi connectivity index (χ2n) is 4.72. The molecule has 1 aliphatic heterocycles. The van der Waals surface area contributed by atoms with Crippen LogP contribution >= 0.6 is 0 Å². The van der Waals surface area contributed by atoms with E-state index in [-0.39, 0.29) is 24.3 Å². The highest BCUT2D eigenvalue weighted by Gasteiger charge is 2.31. The third-order valence-electron chi connectivity index (χ3n) is 3.31. The SMILES string of the molecule is COCCN(CC(=O)O)C(=O)C1CCNCC1C. The molecule has 0 bridgehead atoms. The number of ether oxygens (including phenoxy) is 1. The van der Waals surface area contributed by atoms with Gasteiger partial charge in [-0.1, -0.05) is 6.92 Å². The molecule has 6 nitrogen and oxygen atoms in total. The molecule has 1 rings (SSSR count). The first-order valence-corrected chi connectivity index (χ1v) is 6.26. The van der Waals surface area contributed by atoms with Crippen LogP contribution in [0.4, 0.5) is 0 Å². The molecule has 0 aromatic rings. The van der Waals surface area contributed by atoms with Gasteiger partial charge in [-0.3, -0.25) is 9.59 Å². The van der Waals surface area contributed by atoms with Gasteiger partial charge in [-0.25, -0.2) is 0 Å². The predicted octanol–water partition coefficient (Wildman–Crippen LogP) is -0.208. The third-order valence-corrected chi connectivity index (χ3v) is 3.31. The average Bonchev–Trinajstić information content (AvgIpc) is 2.34. The summed E-state index contributed by atoms with van der Waals surface area (Å²) in [5.41, 5.74) is 0. The molecule has 1 saturated heterocycles. The quantitative estimate of drug-likeness (QED) is 0.689. The van der Waals surface area contributed by atoms with Crippen molar-refractivity contribution in [3.8, 4) is 0 Å². The van der Waals surface area contributed by atoms with Crippen molar-refractivity contribution >= 4 is 11.9 Å². The van der Waals surface area contributed by atoms with Crippen molar-refractivity contribution in [1.29, 1.82) is 0 Å². The number of rotatable bonds is 6. The van der Waals surface area contributed by atoms with Crippen LogP contribution in [0.2, 0.25) is 0 Å². The van der Waals surface area contributed by atoms with Crippen LogP contribution in [0, 0.1) is 11.8 Å². The highest BCUT2D eigenvalue weighted by Crippen LogP contribution is 2.21. The molecule has 0 radical (unpaired) electrons. The van der Waals surface area contributed by atoms with E-state index in [4.69, 9.17) is 9.84 Å². The summed E-state index contributed by atoms with van der Waals surface area (Å²) >= 11 is 0. The van der Waals surface area contributed by atoms with Gasteiger partial charge in [0.05, 0.1) is 6.61 Å². The fourth-order valence-corrected chi connectivity index (χ4v) is 2.25. The number of hydrogen-bond acceptors (Lipinski definition) is 4. The number of nitrogens with zero attached hydrogens (tertiary/aromatic N) is 1. The fourth-order valence-electron chi connectivity index (χ4n) is 2.25. The number of aliphatic carboxylic acids is 1. The van der Waals surface area contributed by atoms with E-state index in [1.54, 1.807) is 0 Å². The molecule has 2 unspecified atom stereocenters. The Kier molecular flexibility index (Phi) is 6.07. The molecule has 0 aliphatic carbocycles. The molecule has 0 saturated carbocycles. The van der Waals surface area contributed by atoms with Crippen LogP contribution in [0.15, 0.2) is 0 Å². The molecule has 2 N–H and O–H groups in total. The third kappa shape index (κ3) is 4.27. The van der Waals surface area contributed by atoms with Gasteiger partial charge in [0.2, 0.25) is 5.91 Å². The summed E-state index contributed by atoms with van der Waals surface area (Å²) in [5.74, 6) is -0.892. The van der Waals surface area contributed by atoms with Crippen LogP contribution in [0.1, 0.15) is 13.3 Å². The van der Waals surface area contributed by atoms with Crippen molar-refractivity contribution in [1.82, 2.24) is 10.2 Å². The zero-order chi connectivity index (χ0) is 13.5. The number of hydrogen-bond donors (Lipinski definition) is 2. The van der Waals surface area contributed by atoms with E-state index in [1.807, 2.05) is 6.92 Å². The number of nitrogens with one attached hydrogen (secondary N) is 1. The topological polar surface area (TPSA) is 78.9 Å². The largest absolute Gasteiger partial charge is 0.480 e. The van der Waals surface area contributed by atoms with Crippen molar-refractivity contribution in [3.05, 3.63) is 0 Å². The lowest BCUT2D eigenvalue weighted by Gasteiger charge is -2.32. The number of carboxylic acid groups (broad SMARTS) is 1. The van der Waals surface area contributed by atoms with Crippen LogP contribution in [0.3, 0.4) is 0 Å². The summed E-state index contributed by atoms with van der Waals surface area (Å²) in [5, 5.41) is 12.1. The van der Waals surface area contributed by atoms with Gasteiger partial charge >= 0.3 is 5.97 Å². The number of methoxy groups -OCH3 is 1. The van der Waals surface area contributed by atoms with Gasteiger partial charge in [0.15, 0.2) is 0 Å². The van der Waals surface area contributed by atoms with Gasteiger partial charge in [-0.15, -0.1) is 0 Å². The summed E-state index contributed by atoms with van der Waals surface area (Å²) in [7, 11) is 1.54. The zero-order valence-corrected chi connectivity index (χ0v) is 11.0. The highest BCUT2D eigenvalue weighted by molar-refractivity contribution is 5.83. The van der Waals surface area contributed by atoms with Crippen LogP contribution in [0.25, 0.3) is 0 Å². The summed E-state index contributed by atoms with van der Waals surface area (Å²) in [6.07, 6.45) is 0.767. The molecule has 18 heavy (non-hydrogen) atoms. The Hall–Kier alpha value is -1.14. The predicted molar refractivity (Wildman–Crippen MR) is 66.2 cm³/mol. The molecule has 1 fully saturated rings. The summed E-state index contributed by atoms with van der Waals surface area (Å²) in [4.78, 5) is 24.5. The normalized spacial score (nSPS) is 23.7. The number of amides is 1. The lowest BCUT2D eigenvalue weighted by atomic mass is 9.86. The maximum atomic E-state index is 12.3. The Morgan fingerprint density at radius 2 is 2.22 bits per heavy atom. The number of carbonyl (C=O) groups excluding carboxylic acids is 1. The second kappa shape index (κ2) is 7.33. The van der Waals surface area contributed by atoms with Crippen LogP contribution < -0.4 is 5.32 Å². The Bertz CT molecular complexity index is 296. The minimum atomic E-state index is -0.985. The van der Waals surface area contributed by atoms with Crippen LogP contribution in [-0.4, -0.2) is 61.8 Å². The standard InChI is InChI=1S/C12H22N2O4/c1-9-7-13-4-3-10(9)12(17)14(5-6-18-2)8-11(15)16/h9-10,13H,3-8H2,1-2H3,(H,15,16). The number of carbonyl (C=O) groups is 2. The highest BCUT2D eigenvalue weighted by atomic mass is 16.5. The molecule has 0 aromatic carbocycles. The van der Waals surface area contributed by atoms with E-state index >= 15 is 0 Å². The van der Waals surface area contributed by atoms with Gasteiger partial charge in [-0.05, 0) is 25.4 Å². The molecule has 1 amide bonds. The van der Waals surface area contributed by atoms with Crippen molar-refractivity contribution in [3.63, 3.8) is 0 Å². The fraction of sp³-hybridized carbons (Fsp3) is 0.833. The monoisotopic (exact) mass is 258 g/mol. The van der Waals surface area contributed by atoms with Crippen molar-refractivity contribution in [2.24, 2.45) is 11.8 Å². The van der Waals surface area contributed by atoms with Gasteiger partial charge in [0.25, 0.3) is 0 Å². The molecule has 1 heterocycles. The maximum absolute atomic E-state index is 12.3. The van der Waals surface area contributed by atoms with Gasteiger partial charge in [0, 0.05) is 19.6 Å². The number of piperidine rings is 1. The van der Waals surface area contributed by atoms with Gasteiger partial charge in [0.1, 0.15) is 6.54 Å². The van der Waals surface area contributed by atoms with E-state index < -0.39 is 5.97 Å². The Morgan fingerprint density at radius 3 is 2.78 bits per heavy atom. The van der Waals surface area contributed by atoms with E-state index in [0.717, 1.165) is 19.5 Å². The molecule has 0 spiro atoms. The lowest BCUT2D eigenvalue weighted by Crippen LogP contribution is -2.47. The minimum absolute atomic E-state index is 0.0662. The first-order valence-electron chi connectivity index (χ1n) is 6.26. The molecule has 1 aliphatic rings. The summed E-state index contributed by atoms with van der Waals surface area (Å²) in [6, 6.07) is 0. The zero-order valence-electron chi connectivity index (χ0n) is 11.0. The number of carboxylic acids is 1. The molecule has 0 aromatic heterocycles. The average molecular weight is 258 g/mol. The van der Waals surface area contributed by atoms with E-state index in [0.29, 0.717) is 13.2 Å². The van der Waals surface area contributed by atoms with Gasteiger partial charge < -0.3 is 20.1 Å².